The van der Waals surface area contributed by atoms with E-state index in [1.54, 1.807) is 0 Å². The highest BCUT2D eigenvalue weighted by Crippen LogP contribution is 2.11. The zero-order valence-electron chi connectivity index (χ0n) is 8.08. The van der Waals surface area contributed by atoms with Gasteiger partial charge in [0.25, 0.3) is 0 Å². The molecule has 0 fully saturated rings. The molecule has 3 nitrogen and oxygen atoms in total. The van der Waals surface area contributed by atoms with E-state index < -0.39 is 0 Å². The third-order valence-corrected chi connectivity index (χ3v) is 2.66. The van der Waals surface area contributed by atoms with Crippen molar-refractivity contribution in [1.82, 2.24) is 5.32 Å². The van der Waals surface area contributed by atoms with Crippen LogP contribution in [0.15, 0.2) is 17.5 Å². The lowest BCUT2D eigenvalue weighted by Crippen LogP contribution is -2.21. The zero-order chi connectivity index (χ0) is 10.4. The minimum atomic E-state index is -0.0476. The summed E-state index contributed by atoms with van der Waals surface area (Å²) in [4.78, 5) is 22.8. The average Bonchev–Trinajstić information content (AvgIpc) is 2.64. The van der Waals surface area contributed by atoms with Crippen molar-refractivity contribution in [2.75, 3.05) is 6.54 Å². The third-order valence-electron chi connectivity index (χ3n) is 1.75. The molecular formula is C10H13NO2S. The monoisotopic (exact) mass is 211 g/mol. The Bertz CT molecular complexity index is 306. The van der Waals surface area contributed by atoms with Gasteiger partial charge in [-0.3, -0.25) is 9.59 Å². The Morgan fingerprint density at radius 1 is 1.50 bits per heavy atom. The first-order valence-corrected chi connectivity index (χ1v) is 5.39. The molecule has 0 bridgehead atoms. The maximum atomic E-state index is 11.4. The van der Waals surface area contributed by atoms with Crippen molar-refractivity contribution >= 4 is 23.0 Å². The average molecular weight is 211 g/mol. The number of thiophene rings is 1. The van der Waals surface area contributed by atoms with Crippen LogP contribution in [-0.2, 0) is 4.79 Å². The Labute approximate surface area is 87.1 Å². The van der Waals surface area contributed by atoms with Crippen LogP contribution < -0.4 is 5.32 Å². The molecule has 0 saturated carbocycles. The fraction of sp³-hybridized carbons (Fsp3) is 0.400. The molecule has 1 aromatic heterocycles. The van der Waals surface area contributed by atoms with Crippen LogP contribution in [0.3, 0.4) is 0 Å². The van der Waals surface area contributed by atoms with Crippen LogP contribution in [0.25, 0.3) is 0 Å². The van der Waals surface area contributed by atoms with E-state index in [1.165, 1.54) is 18.3 Å². The number of hydrogen-bond donors (Lipinski definition) is 1. The van der Waals surface area contributed by atoms with E-state index in [2.05, 4.69) is 5.32 Å². The number of nitrogens with one attached hydrogen (secondary N) is 1. The SMILES string of the molecule is CC(=O)NCCCC(=O)c1cccs1. The van der Waals surface area contributed by atoms with Gasteiger partial charge in [-0.05, 0) is 17.9 Å². The number of Topliss-reactive ketones (excluding diaryl/α,β-unsaturated/α-hetero) is 1. The molecule has 0 aliphatic carbocycles. The molecule has 0 aromatic carbocycles. The van der Waals surface area contributed by atoms with Crippen LogP contribution in [0, 0.1) is 0 Å². The minimum absolute atomic E-state index is 0.0476. The summed E-state index contributed by atoms with van der Waals surface area (Å²) in [6.45, 7) is 2.05. The lowest BCUT2D eigenvalue weighted by atomic mass is 10.2. The summed E-state index contributed by atoms with van der Waals surface area (Å²) in [5.74, 6) is 0.110. The highest BCUT2D eigenvalue weighted by molar-refractivity contribution is 7.12. The number of amides is 1. The van der Waals surface area contributed by atoms with Gasteiger partial charge in [0.2, 0.25) is 5.91 Å². The van der Waals surface area contributed by atoms with E-state index in [-0.39, 0.29) is 11.7 Å². The van der Waals surface area contributed by atoms with Crippen LogP contribution in [0.5, 0.6) is 0 Å². The second-order valence-corrected chi connectivity index (χ2v) is 3.93. The van der Waals surface area contributed by atoms with E-state index in [9.17, 15) is 9.59 Å². The Morgan fingerprint density at radius 3 is 2.86 bits per heavy atom. The summed E-state index contributed by atoms with van der Waals surface area (Å²) in [6, 6.07) is 3.69. The molecule has 1 heterocycles. The molecule has 76 valence electrons. The van der Waals surface area contributed by atoms with Crippen LogP contribution >= 0.6 is 11.3 Å². The van der Waals surface area contributed by atoms with Crippen molar-refractivity contribution in [3.63, 3.8) is 0 Å². The number of ketones is 1. The first kappa shape index (κ1) is 10.9. The van der Waals surface area contributed by atoms with Crippen molar-refractivity contribution in [3.8, 4) is 0 Å². The molecule has 1 aromatic rings. The van der Waals surface area contributed by atoms with Crippen LogP contribution in [0.1, 0.15) is 29.4 Å². The lowest BCUT2D eigenvalue weighted by Gasteiger charge is -2.00. The summed E-state index contributed by atoms with van der Waals surface area (Å²) in [6.07, 6.45) is 1.21. The summed E-state index contributed by atoms with van der Waals surface area (Å²) in [5, 5.41) is 4.55. The van der Waals surface area contributed by atoms with Gasteiger partial charge < -0.3 is 5.32 Å². The van der Waals surface area contributed by atoms with Gasteiger partial charge in [0, 0.05) is 19.9 Å². The van der Waals surface area contributed by atoms with Crippen LogP contribution in [0.2, 0.25) is 0 Å². The lowest BCUT2D eigenvalue weighted by molar-refractivity contribution is -0.118. The van der Waals surface area contributed by atoms with Crippen molar-refractivity contribution in [2.45, 2.75) is 19.8 Å². The molecule has 4 heteroatoms. The number of hydrogen-bond acceptors (Lipinski definition) is 3. The van der Waals surface area contributed by atoms with Crippen molar-refractivity contribution in [1.29, 1.82) is 0 Å². The van der Waals surface area contributed by atoms with Gasteiger partial charge in [0.15, 0.2) is 5.78 Å². The quantitative estimate of drug-likeness (QED) is 0.596. The van der Waals surface area contributed by atoms with Gasteiger partial charge in [0.05, 0.1) is 4.88 Å². The Balaban J connectivity index is 2.19. The van der Waals surface area contributed by atoms with E-state index in [1.807, 2.05) is 17.5 Å². The molecule has 0 spiro atoms. The van der Waals surface area contributed by atoms with Crippen molar-refractivity contribution in [2.24, 2.45) is 0 Å². The predicted octanol–water partition coefficient (Wildman–Crippen LogP) is 1.85. The van der Waals surface area contributed by atoms with Gasteiger partial charge in [-0.1, -0.05) is 6.07 Å². The topological polar surface area (TPSA) is 46.2 Å². The van der Waals surface area contributed by atoms with E-state index in [0.29, 0.717) is 19.4 Å². The summed E-state index contributed by atoms with van der Waals surface area (Å²) < 4.78 is 0. The second-order valence-electron chi connectivity index (χ2n) is 2.99. The standard InChI is InChI=1S/C10H13NO2S/c1-8(12)11-6-2-4-9(13)10-5-3-7-14-10/h3,5,7H,2,4,6H2,1H3,(H,11,12). The largest absolute Gasteiger partial charge is 0.356 e. The number of rotatable bonds is 5. The van der Waals surface area contributed by atoms with Crippen LogP contribution in [0.4, 0.5) is 0 Å². The van der Waals surface area contributed by atoms with Crippen molar-refractivity contribution in [3.05, 3.63) is 22.4 Å². The smallest absolute Gasteiger partial charge is 0.216 e. The normalized spacial score (nSPS) is 9.79. The fourth-order valence-electron chi connectivity index (χ4n) is 1.07. The molecule has 14 heavy (non-hydrogen) atoms. The van der Waals surface area contributed by atoms with Gasteiger partial charge in [-0.15, -0.1) is 11.3 Å². The molecule has 0 aliphatic rings. The fourth-order valence-corrected chi connectivity index (χ4v) is 1.77. The third kappa shape index (κ3) is 3.70. The number of carbonyl (C=O) groups excluding carboxylic acids is 2. The Kier molecular flexibility index (Phi) is 4.32. The van der Waals surface area contributed by atoms with Crippen molar-refractivity contribution < 1.29 is 9.59 Å². The van der Waals surface area contributed by atoms with E-state index in [0.717, 1.165) is 4.88 Å². The van der Waals surface area contributed by atoms with Gasteiger partial charge in [-0.2, -0.15) is 0 Å². The summed E-state index contributed by atoms with van der Waals surface area (Å²) >= 11 is 1.46. The molecule has 0 saturated heterocycles. The van der Waals surface area contributed by atoms with E-state index >= 15 is 0 Å². The molecule has 0 radical (unpaired) electrons. The molecule has 1 amide bonds. The van der Waals surface area contributed by atoms with Gasteiger partial charge >= 0.3 is 0 Å². The van der Waals surface area contributed by atoms with Gasteiger partial charge in [0.1, 0.15) is 0 Å². The van der Waals surface area contributed by atoms with E-state index in [4.69, 9.17) is 0 Å². The molecule has 0 aliphatic heterocycles. The summed E-state index contributed by atoms with van der Waals surface area (Å²) in [5.41, 5.74) is 0. The predicted molar refractivity (Wildman–Crippen MR) is 56.6 cm³/mol. The molecule has 0 unspecified atom stereocenters. The van der Waals surface area contributed by atoms with Gasteiger partial charge in [-0.25, -0.2) is 0 Å². The maximum absolute atomic E-state index is 11.4. The second kappa shape index (κ2) is 5.54. The highest BCUT2D eigenvalue weighted by atomic mass is 32.1. The zero-order valence-corrected chi connectivity index (χ0v) is 8.89. The summed E-state index contributed by atoms with van der Waals surface area (Å²) in [7, 11) is 0. The molecule has 1 N–H and O–H groups in total. The molecular weight excluding hydrogens is 198 g/mol. The maximum Gasteiger partial charge on any atom is 0.216 e. The highest BCUT2D eigenvalue weighted by Gasteiger charge is 2.05. The minimum Gasteiger partial charge on any atom is -0.356 e. The molecule has 0 atom stereocenters. The molecule has 1 rings (SSSR count). The first-order valence-electron chi connectivity index (χ1n) is 4.51. The first-order chi connectivity index (χ1) is 6.70. The Morgan fingerprint density at radius 2 is 2.29 bits per heavy atom. The Hall–Kier alpha value is -1.16. The van der Waals surface area contributed by atoms with Crippen LogP contribution in [-0.4, -0.2) is 18.2 Å². The number of carbonyl (C=O) groups is 2.